The highest BCUT2D eigenvalue weighted by molar-refractivity contribution is 5.91. The van der Waals surface area contributed by atoms with Gasteiger partial charge in [0.05, 0.1) is 6.61 Å². The van der Waals surface area contributed by atoms with Crippen LogP contribution in [-0.4, -0.2) is 35.5 Å². The van der Waals surface area contributed by atoms with E-state index in [4.69, 9.17) is 4.74 Å². The molecule has 0 saturated carbocycles. The molecule has 1 saturated heterocycles. The molecule has 0 unspecified atom stereocenters. The van der Waals surface area contributed by atoms with Crippen LogP contribution in [0.5, 0.6) is 5.75 Å². The third kappa shape index (κ3) is 4.69. The van der Waals surface area contributed by atoms with Crippen LogP contribution in [-0.2, 0) is 4.79 Å². The van der Waals surface area contributed by atoms with Crippen molar-refractivity contribution in [2.24, 2.45) is 5.92 Å². The molecule has 124 valence electrons. The molecule has 1 amide bonds. The molecular formula is C20H22N2O2. The van der Waals surface area contributed by atoms with Gasteiger partial charge < -0.3 is 9.64 Å². The standard InChI is InChI=1S/C20H22N2O2/c23-20(7-6-17-8-12-21-13-9-17)22-14-10-18(11-15-22)16-24-19-4-2-1-3-5-19/h1-9,12-13,18H,10-11,14-16H2. The van der Waals surface area contributed by atoms with Gasteiger partial charge in [0.15, 0.2) is 0 Å². The average molecular weight is 322 g/mol. The van der Waals surface area contributed by atoms with Crippen molar-refractivity contribution in [2.45, 2.75) is 12.8 Å². The van der Waals surface area contributed by atoms with Crippen LogP contribution < -0.4 is 4.74 Å². The summed E-state index contributed by atoms with van der Waals surface area (Å²) in [6.07, 6.45) is 8.92. The summed E-state index contributed by atoms with van der Waals surface area (Å²) in [4.78, 5) is 18.1. The summed E-state index contributed by atoms with van der Waals surface area (Å²) >= 11 is 0. The van der Waals surface area contributed by atoms with Crippen molar-refractivity contribution >= 4 is 12.0 Å². The first kappa shape index (κ1) is 16.2. The van der Waals surface area contributed by atoms with E-state index in [0.29, 0.717) is 5.92 Å². The summed E-state index contributed by atoms with van der Waals surface area (Å²) in [6, 6.07) is 13.7. The number of piperidine rings is 1. The number of likely N-dealkylation sites (tertiary alicyclic amines) is 1. The number of hydrogen-bond donors (Lipinski definition) is 0. The first-order valence-corrected chi connectivity index (χ1v) is 8.36. The van der Waals surface area contributed by atoms with Crippen molar-refractivity contribution in [3.05, 3.63) is 66.5 Å². The number of hydrogen-bond acceptors (Lipinski definition) is 3. The van der Waals surface area contributed by atoms with E-state index in [1.165, 1.54) is 0 Å². The number of nitrogens with zero attached hydrogens (tertiary/aromatic N) is 2. The quantitative estimate of drug-likeness (QED) is 0.792. The van der Waals surface area contributed by atoms with Crippen LogP contribution in [0.3, 0.4) is 0 Å². The Labute approximate surface area is 142 Å². The molecule has 0 N–H and O–H groups in total. The fraction of sp³-hybridized carbons (Fsp3) is 0.300. The van der Waals surface area contributed by atoms with Crippen molar-refractivity contribution in [1.29, 1.82) is 0 Å². The van der Waals surface area contributed by atoms with Gasteiger partial charge in [-0.25, -0.2) is 0 Å². The monoisotopic (exact) mass is 322 g/mol. The van der Waals surface area contributed by atoms with Gasteiger partial charge in [-0.3, -0.25) is 9.78 Å². The van der Waals surface area contributed by atoms with Crippen molar-refractivity contribution in [3.8, 4) is 5.75 Å². The van der Waals surface area contributed by atoms with Gasteiger partial charge in [0.2, 0.25) is 5.91 Å². The molecule has 2 heterocycles. The maximum absolute atomic E-state index is 12.2. The fourth-order valence-electron chi connectivity index (χ4n) is 2.80. The largest absolute Gasteiger partial charge is 0.493 e. The van der Waals surface area contributed by atoms with Crippen LogP contribution in [0, 0.1) is 5.92 Å². The molecule has 1 fully saturated rings. The summed E-state index contributed by atoms with van der Waals surface area (Å²) in [6.45, 7) is 2.31. The van der Waals surface area contributed by atoms with E-state index in [-0.39, 0.29) is 5.91 Å². The molecule has 24 heavy (non-hydrogen) atoms. The Hall–Kier alpha value is -2.62. The number of pyridine rings is 1. The van der Waals surface area contributed by atoms with Crippen molar-refractivity contribution in [1.82, 2.24) is 9.88 Å². The summed E-state index contributed by atoms with van der Waals surface area (Å²) in [5.41, 5.74) is 0.990. The molecule has 3 rings (SSSR count). The predicted octanol–water partition coefficient (Wildman–Crippen LogP) is 3.41. The zero-order chi connectivity index (χ0) is 16.6. The Morgan fingerprint density at radius 3 is 2.54 bits per heavy atom. The zero-order valence-electron chi connectivity index (χ0n) is 13.7. The summed E-state index contributed by atoms with van der Waals surface area (Å²) in [5.74, 6) is 1.50. The molecule has 1 aliphatic rings. The average Bonchev–Trinajstić information content (AvgIpc) is 2.66. The molecule has 0 atom stereocenters. The summed E-state index contributed by atoms with van der Waals surface area (Å²) in [5, 5.41) is 0. The highest BCUT2D eigenvalue weighted by Crippen LogP contribution is 2.19. The van der Waals surface area contributed by atoms with Crippen LogP contribution in [0.2, 0.25) is 0 Å². The van der Waals surface area contributed by atoms with E-state index in [0.717, 1.165) is 43.9 Å². The molecule has 1 aromatic heterocycles. The van der Waals surface area contributed by atoms with E-state index in [9.17, 15) is 4.79 Å². The van der Waals surface area contributed by atoms with E-state index in [1.807, 2.05) is 53.4 Å². The fourth-order valence-corrected chi connectivity index (χ4v) is 2.80. The maximum Gasteiger partial charge on any atom is 0.246 e. The molecule has 1 aliphatic heterocycles. The molecular weight excluding hydrogens is 300 g/mol. The second-order valence-electron chi connectivity index (χ2n) is 6.01. The molecule has 0 spiro atoms. The van der Waals surface area contributed by atoms with Gasteiger partial charge >= 0.3 is 0 Å². The smallest absolute Gasteiger partial charge is 0.246 e. The lowest BCUT2D eigenvalue weighted by atomic mass is 9.97. The maximum atomic E-state index is 12.2. The number of para-hydroxylation sites is 1. The lowest BCUT2D eigenvalue weighted by molar-refractivity contribution is -0.127. The highest BCUT2D eigenvalue weighted by Gasteiger charge is 2.21. The molecule has 1 aromatic carbocycles. The van der Waals surface area contributed by atoms with Gasteiger partial charge in [-0.1, -0.05) is 18.2 Å². The molecule has 0 radical (unpaired) electrons. The van der Waals surface area contributed by atoms with Crippen LogP contribution in [0.25, 0.3) is 6.08 Å². The van der Waals surface area contributed by atoms with Gasteiger partial charge in [-0.05, 0) is 54.7 Å². The minimum atomic E-state index is 0.0780. The van der Waals surface area contributed by atoms with Gasteiger partial charge in [-0.2, -0.15) is 0 Å². The SMILES string of the molecule is O=C(C=Cc1ccncc1)N1CCC(COc2ccccc2)CC1. The first-order chi connectivity index (χ1) is 11.8. The Kier molecular flexibility index (Phi) is 5.61. The lowest BCUT2D eigenvalue weighted by Crippen LogP contribution is -2.38. The summed E-state index contributed by atoms with van der Waals surface area (Å²) in [7, 11) is 0. The number of ether oxygens (including phenoxy) is 1. The molecule has 4 nitrogen and oxygen atoms in total. The van der Waals surface area contributed by atoms with Gasteiger partial charge in [0.1, 0.15) is 5.75 Å². The topological polar surface area (TPSA) is 42.4 Å². The minimum Gasteiger partial charge on any atom is -0.493 e. The van der Waals surface area contributed by atoms with Gasteiger partial charge in [-0.15, -0.1) is 0 Å². The number of amides is 1. The normalized spacial score (nSPS) is 15.6. The third-order valence-electron chi connectivity index (χ3n) is 4.28. The van der Waals surface area contributed by atoms with E-state index in [2.05, 4.69) is 4.98 Å². The second-order valence-corrected chi connectivity index (χ2v) is 6.01. The van der Waals surface area contributed by atoms with Crippen LogP contribution in [0.15, 0.2) is 60.9 Å². The minimum absolute atomic E-state index is 0.0780. The number of rotatable bonds is 5. The number of carbonyl (C=O) groups excluding carboxylic acids is 1. The first-order valence-electron chi connectivity index (χ1n) is 8.36. The van der Waals surface area contributed by atoms with Gasteiger partial charge in [0.25, 0.3) is 0 Å². The van der Waals surface area contributed by atoms with Crippen molar-refractivity contribution in [3.63, 3.8) is 0 Å². The second kappa shape index (κ2) is 8.29. The predicted molar refractivity (Wildman–Crippen MR) is 94.5 cm³/mol. The zero-order valence-corrected chi connectivity index (χ0v) is 13.7. The molecule has 0 bridgehead atoms. The Morgan fingerprint density at radius 1 is 1.12 bits per heavy atom. The summed E-state index contributed by atoms with van der Waals surface area (Å²) < 4.78 is 5.82. The van der Waals surface area contributed by atoms with Crippen LogP contribution >= 0.6 is 0 Å². The van der Waals surface area contributed by atoms with Crippen LogP contribution in [0.4, 0.5) is 0 Å². The lowest BCUT2D eigenvalue weighted by Gasteiger charge is -2.31. The van der Waals surface area contributed by atoms with Crippen LogP contribution in [0.1, 0.15) is 18.4 Å². The Balaban J connectivity index is 1.43. The van der Waals surface area contributed by atoms with Gasteiger partial charge in [0, 0.05) is 31.6 Å². The highest BCUT2D eigenvalue weighted by atomic mass is 16.5. The Bertz CT molecular complexity index is 663. The third-order valence-corrected chi connectivity index (χ3v) is 4.28. The molecule has 4 heteroatoms. The number of benzene rings is 1. The number of aromatic nitrogens is 1. The molecule has 0 aliphatic carbocycles. The Morgan fingerprint density at radius 2 is 1.83 bits per heavy atom. The number of carbonyl (C=O) groups is 1. The van der Waals surface area contributed by atoms with Crippen molar-refractivity contribution < 1.29 is 9.53 Å². The van der Waals surface area contributed by atoms with E-state index < -0.39 is 0 Å². The molecule has 2 aromatic rings. The van der Waals surface area contributed by atoms with E-state index in [1.54, 1.807) is 18.5 Å². The van der Waals surface area contributed by atoms with E-state index >= 15 is 0 Å². The van der Waals surface area contributed by atoms with Crippen molar-refractivity contribution in [2.75, 3.05) is 19.7 Å².